The first-order chi connectivity index (χ1) is 12.2. The maximum Gasteiger partial charge on any atom is 0.191 e. The molecule has 0 aliphatic heterocycles. The molecule has 5 nitrogen and oxygen atoms in total. The first-order valence-corrected chi connectivity index (χ1v) is 8.82. The Bertz CT molecular complexity index is 641. The largest absolute Gasteiger partial charge is 0.489 e. The molecule has 0 radical (unpaired) electrons. The Balaban J connectivity index is 1.80. The summed E-state index contributed by atoms with van der Waals surface area (Å²) in [7, 11) is 0. The Kier molecular flexibility index (Phi) is 7.76. The molecule has 1 unspecified atom stereocenters. The molecule has 2 aromatic rings. The molecule has 1 heterocycles. The Morgan fingerprint density at radius 3 is 2.64 bits per heavy atom. The van der Waals surface area contributed by atoms with Crippen LogP contribution in [0, 0.1) is 6.92 Å². The molecule has 5 heteroatoms. The monoisotopic (exact) mass is 340 g/mol. The molecule has 0 aliphatic carbocycles. The van der Waals surface area contributed by atoms with Crippen LogP contribution in [-0.2, 0) is 6.42 Å². The van der Waals surface area contributed by atoms with Crippen molar-refractivity contribution < 1.29 is 4.74 Å². The minimum absolute atomic E-state index is 0.00829. The summed E-state index contributed by atoms with van der Waals surface area (Å²) in [4.78, 5) is 8.94. The Morgan fingerprint density at radius 1 is 1.16 bits per heavy atom. The summed E-state index contributed by atoms with van der Waals surface area (Å²) in [6.07, 6.45) is 2.69. The van der Waals surface area contributed by atoms with Gasteiger partial charge in [-0.1, -0.05) is 23.8 Å². The van der Waals surface area contributed by atoms with Crippen LogP contribution < -0.4 is 15.4 Å². The molecule has 0 spiro atoms. The summed E-state index contributed by atoms with van der Waals surface area (Å²) in [6, 6.07) is 14.0. The van der Waals surface area contributed by atoms with Gasteiger partial charge in [-0.15, -0.1) is 0 Å². The average Bonchev–Trinajstić information content (AvgIpc) is 2.62. The fourth-order valence-corrected chi connectivity index (χ4v) is 2.30. The lowest BCUT2D eigenvalue weighted by Crippen LogP contribution is -2.39. The van der Waals surface area contributed by atoms with Crippen LogP contribution in [0.5, 0.6) is 5.75 Å². The second-order valence-corrected chi connectivity index (χ2v) is 5.96. The topological polar surface area (TPSA) is 58.5 Å². The van der Waals surface area contributed by atoms with Gasteiger partial charge in [0.2, 0.25) is 0 Å². The number of nitrogens with zero attached hydrogens (tertiary/aromatic N) is 2. The van der Waals surface area contributed by atoms with Gasteiger partial charge in [-0.3, -0.25) is 4.98 Å². The number of ether oxygens (including phenoxy) is 1. The van der Waals surface area contributed by atoms with E-state index >= 15 is 0 Å². The van der Waals surface area contributed by atoms with Gasteiger partial charge in [0.1, 0.15) is 11.9 Å². The van der Waals surface area contributed by atoms with Crippen molar-refractivity contribution in [1.82, 2.24) is 15.6 Å². The lowest BCUT2D eigenvalue weighted by Gasteiger charge is -2.15. The smallest absolute Gasteiger partial charge is 0.191 e. The van der Waals surface area contributed by atoms with E-state index in [4.69, 9.17) is 4.74 Å². The molecule has 1 aromatic heterocycles. The van der Waals surface area contributed by atoms with Crippen molar-refractivity contribution in [2.24, 2.45) is 4.99 Å². The zero-order chi connectivity index (χ0) is 17.9. The standard InChI is InChI=1S/C20H28N4O/c1-4-21-20(23-14-12-18-7-5-6-13-22-18)24-15-17(3)25-19-10-8-16(2)9-11-19/h5-11,13,17H,4,12,14-15H2,1-3H3,(H2,21,23,24). The number of benzene rings is 1. The van der Waals surface area contributed by atoms with E-state index in [1.165, 1.54) is 5.56 Å². The van der Waals surface area contributed by atoms with Crippen LogP contribution in [0.2, 0.25) is 0 Å². The van der Waals surface area contributed by atoms with E-state index in [9.17, 15) is 0 Å². The second-order valence-electron chi connectivity index (χ2n) is 5.96. The van der Waals surface area contributed by atoms with E-state index in [0.29, 0.717) is 6.54 Å². The predicted octanol–water partition coefficient (Wildman–Crippen LogP) is 2.96. The average molecular weight is 340 g/mol. The van der Waals surface area contributed by atoms with E-state index in [0.717, 1.165) is 36.9 Å². The highest BCUT2D eigenvalue weighted by Gasteiger charge is 2.05. The molecule has 0 saturated heterocycles. The van der Waals surface area contributed by atoms with Crippen LogP contribution in [0.25, 0.3) is 0 Å². The summed E-state index contributed by atoms with van der Waals surface area (Å²) < 4.78 is 5.90. The highest BCUT2D eigenvalue weighted by molar-refractivity contribution is 5.79. The van der Waals surface area contributed by atoms with Crippen molar-refractivity contribution in [2.45, 2.75) is 33.3 Å². The summed E-state index contributed by atoms with van der Waals surface area (Å²) in [5.41, 5.74) is 2.30. The first kappa shape index (κ1) is 18.8. The van der Waals surface area contributed by atoms with Gasteiger partial charge in [-0.05, 0) is 45.0 Å². The number of nitrogens with one attached hydrogen (secondary N) is 2. The van der Waals surface area contributed by atoms with Crippen LogP contribution in [0.15, 0.2) is 53.7 Å². The third-order valence-corrected chi connectivity index (χ3v) is 3.61. The van der Waals surface area contributed by atoms with Gasteiger partial charge in [0.15, 0.2) is 5.96 Å². The van der Waals surface area contributed by atoms with Crippen molar-refractivity contribution >= 4 is 5.96 Å². The third-order valence-electron chi connectivity index (χ3n) is 3.61. The number of rotatable bonds is 8. The van der Waals surface area contributed by atoms with E-state index in [1.807, 2.05) is 43.5 Å². The summed E-state index contributed by atoms with van der Waals surface area (Å²) >= 11 is 0. The van der Waals surface area contributed by atoms with Gasteiger partial charge in [-0.25, -0.2) is 4.99 Å². The molecule has 1 atom stereocenters. The molecule has 2 N–H and O–H groups in total. The number of aromatic nitrogens is 1. The highest BCUT2D eigenvalue weighted by atomic mass is 16.5. The second kappa shape index (κ2) is 10.3. The number of aliphatic imine (C=N–C) groups is 1. The number of aryl methyl sites for hydroxylation is 1. The van der Waals surface area contributed by atoms with E-state index in [2.05, 4.69) is 46.6 Å². The number of hydrogen-bond donors (Lipinski definition) is 2. The number of guanidine groups is 1. The quantitative estimate of drug-likeness (QED) is 0.573. The summed E-state index contributed by atoms with van der Waals surface area (Å²) in [5, 5.41) is 6.60. The molecule has 0 saturated carbocycles. The van der Waals surface area contributed by atoms with Gasteiger partial charge in [0, 0.05) is 31.4 Å². The Hall–Kier alpha value is -2.56. The van der Waals surface area contributed by atoms with Crippen LogP contribution in [0.1, 0.15) is 25.1 Å². The van der Waals surface area contributed by atoms with Crippen LogP contribution in [-0.4, -0.2) is 36.7 Å². The van der Waals surface area contributed by atoms with E-state index in [-0.39, 0.29) is 6.10 Å². The summed E-state index contributed by atoms with van der Waals surface area (Å²) in [6.45, 7) is 8.35. The van der Waals surface area contributed by atoms with Crippen molar-refractivity contribution in [1.29, 1.82) is 0 Å². The molecule has 0 bridgehead atoms. The summed E-state index contributed by atoms with van der Waals surface area (Å²) in [5.74, 6) is 1.68. The van der Waals surface area contributed by atoms with Crippen molar-refractivity contribution in [2.75, 3.05) is 19.6 Å². The molecular formula is C20H28N4O. The van der Waals surface area contributed by atoms with Gasteiger partial charge in [-0.2, -0.15) is 0 Å². The van der Waals surface area contributed by atoms with Crippen LogP contribution in [0.4, 0.5) is 0 Å². The number of hydrogen-bond acceptors (Lipinski definition) is 3. The van der Waals surface area contributed by atoms with Crippen molar-refractivity contribution in [3.05, 3.63) is 59.9 Å². The zero-order valence-electron chi connectivity index (χ0n) is 15.3. The predicted molar refractivity (Wildman–Crippen MR) is 103 cm³/mol. The molecule has 0 amide bonds. The molecule has 0 aliphatic rings. The first-order valence-electron chi connectivity index (χ1n) is 8.82. The van der Waals surface area contributed by atoms with Crippen molar-refractivity contribution in [3.63, 3.8) is 0 Å². The Labute approximate surface area is 150 Å². The van der Waals surface area contributed by atoms with Gasteiger partial charge in [0.25, 0.3) is 0 Å². The minimum Gasteiger partial charge on any atom is -0.489 e. The number of pyridine rings is 1. The lowest BCUT2D eigenvalue weighted by molar-refractivity contribution is 0.230. The van der Waals surface area contributed by atoms with Gasteiger partial charge in [0.05, 0.1) is 6.54 Å². The molecular weight excluding hydrogens is 312 g/mol. The molecule has 1 aromatic carbocycles. The molecule has 134 valence electrons. The highest BCUT2D eigenvalue weighted by Crippen LogP contribution is 2.13. The van der Waals surface area contributed by atoms with Gasteiger partial charge < -0.3 is 15.4 Å². The van der Waals surface area contributed by atoms with Crippen LogP contribution in [0.3, 0.4) is 0 Å². The fraction of sp³-hybridized carbons (Fsp3) is 0.400. The maximum atomic E-state index is 5.90. The third kappa shape index (κ3) is 7.25. The minimum atomic E-state index is 0.00829. The zero-order valence-corrected chi connectivity index (χ0v) is 15.3. The molecule has 2 rings (SSSR count). The molecule has 0 fully saturated rings. The SMILES string of the molecule is CCNC(=NCC(C)Oc1ccc(C)cc1)NCCc1ccccn1. The van der Waals surface area contributed by atoms with E-state index in [1.54, 1.807) is 0 Å². The molecule has 25 heavy (non-hydrogen) atoms. The Morgan fingerprint density at radius 2 is 1.96 bits per heavy atom. The van der Waals surface area contributed by atoms with E-state index < -0.39 is 0 Å². The van der Waals surface area contributed by atoms with Crippen LogP contribution >= 0.6 is 0 Å². The normalized spacial score (nSPS) is 12.5. The van der Waals surface area contributed by atoms with Gasteiger partial charge >= 0.3 is 0 Å². The van der Waals surface area contributed by atoms with Crippen molar-refractivity contribution in [3.8, 4) is 5.75 Å². The fourth-order valence-electron chi connectivity index (χ4n) is 2.30. The maximum absolute atomic E-state index is 5.90. The lowest BCUT2D eigenvalue weighted by atomic mass is 10.2.